The van der Waals surface area contributed by atoms with Crippen LogP contribution in [0.4, 0.5) is 5.82 Å². The highest BCUT2D eigenvalue weighted by Crippen LogP contribution is 2.24. The molecule has 2 aromatic heterocycles. The SMILES string of the molecule is CC(C)(C)c1cc(N/C=C/c2nnnn2-c2ccccc2)no1. The minimum atomic E-state index is -0.0753. The van der Waals surface area contributed by atoms with Gasteiger partial charge in [0.25, 0.3) is 0 Å². The molecular formula is C16H18N6O. The molecule has 7 heteroatoms. The molecule has 0 unspecified atom stereocenters. The molecule has 2 heterocycles. The Morgan fingerprint density at radius 1 is 1.17 bits per heavy atom. The molecule has 3 rings (SSSR count). The Balaban J connectivity index is 1.72. The molecule has 1 N–H and O–H groups in total. The molecule has 7 nitrogen and oxygen atoms in total. The van der Waals surface area contributed by atoms with E-state index in [4.69, 9.17) is 4.52 Å². The molecule has 0 atom stereocenters. The second-order valence-corrected chi connectivity index (χ2v) is 6.09. The van der Waals surface area contributed by atoms with E-state index in [2.05, 4.69) is 46.8 Å². The maximum atomic E-state index is 5.32. The third kappa shape index (κ3) is 3.45. The Kier molecular flexibility index (Phi) is 3.92. The fraction of sp³-hybridized carbons (Fsp3) is 0.250. The van der Waals surface area contributed by atoms with E-state index in [-0.39, 0.29) is 5.41 Å². The van der Waals surface area contributed by atoms with Crippen LogP contribution in [0, 0.1) is 0 Å². The Morgan fingerprint density at radius 3 is 2.65 bits per heavy atom. The summed E-state index contributed by atoms with van der Waals surface area (Å²) in [5, 5.41) is 18.7. The molecule has 0 aliphatic heterocycles. The Hall–Kier alpha value is -2.96. The van der Waals surface area contributed by atoms with Crippen molar-refractivity contribution in [2.24, 2.45) is 0 Å². The lowest BCUT2D eigenvalue weighted by atomic mass is 9.93. The predicted octanol–water partition coefficient (Wildman–Crippen LogP) is 3.03. The standard InChI is InChI=1S/C16H18N6O/c1-16(2,3)13-11-14(19-23-13)17-10-9-15-18-20-21-22(15)12-7-5-4-6-8-12/h4-11H,1-3H3,(H,17,19)/b10-9+. The molecule has 0 spiro atoms. The summed E-state index contributed by atoms with van der Waals surface area (Å²) in [5.41, 5.74) is 0.822. The summed E-state index contributed by atoms with van der Waals surface area (Å²) >= 11 is 0. The molecule has 0 amide bonds. The zero-order valence-corrected chi connectivity index (χ0v) is 13.3. The summed E-state index contributed by atoms with van der Waals surface area (Å²) in [7, 11) is 0. The van der Waals surface area contributed by atoms with Crippen molar-refractivity contribution >= 4 is 11.9 Å². The summed E-state index contributed by atoms with van der Waals surface area (Å²) in [6, 6.07) is 11.6. The number of hydrogen-bond acceptors (Lipinski definition) is 6. The summed E-state index contributed by atoms with van der Waals surface area (Å²) < 4.78 is 6.97. The zero-order chi connectivity index (χ0) is 16.3. The van der Waals surface area contributed by atoms with E-state index < -0.39 is 0 Å². The van der Waals surface area contributed by atoms with Crippen molar-refractivity contribution in [3.05, 3.63) is 54.2 Å². The van der Waals surface area contributed by atoms with E-state index in [1.807, 2.05) is 36.4 Å². The molecule has 118 valence electrons. The van der Waals surface area contributed by atoms with Crippen LogP contribution in [0.15, 0.2) is 47.1 Å². The van der Waals surface area contributed by atoms with Gasteiger partial charge >= 0.3 is 0 Å². The first-order valence-electron chi connectivity index (χ1n) is 7.28. The van der Waals surface area contributed by atoms with E-state index in [1.165, 1.54) is 0 Å². The van der Waals surface area contributed by atoms with Crippen molar-refractivity contribution in [3.8, 4) is 5.69 Å². The van der Waals surface area contributed by atoms with E-state index in [9.17, 15) is 0 Å². The van der Waals surface area contributed by atoms with E-state index >= 15 is 0 Å². The lowest BCUT2D eigenvalue weighted by Crippen LogP contribution is -2.09. The van der Waals surface area contributed by atoms with Crippen LogP contribution < -0.4 is 5.32 Å². The van der Waals surface area contributed by atoms with Gasteiger partial charge in [0.05, 0.1) is 5.69 Å². The van der Waals surface area contributed by atoms with Crippen LogP contribution >= 0.6 is 0 Å². The number of tetrazole rings is 1. The van der Waals surface area contributed by atoms with Crippen LogP contribution in [0.5, 0.6) is 0 Å². The molecule has 0 saturated heterocycles. The van der Waals surface area contributed by atoms with Crippen molar-refractivity contribution in [2.45, 2.75) is 26.2 Å². The number of nitrogens with zero attached hydrogens (tertiary/aromatic N) is 5. The second-order valence-electron chi connectivity index (χ2n) is 6.09. The van der Waals surface area contributed by atoms with Gasteiger partial charge in [-0.3, -0.25) is 0 Å². The van der Waals surface area contributed by atoms with Crippen LogP contribution in [-0.2, 0) is 5.41 Å². The van der Waals surface area contributed by atoms with Gasteiger partial charge in [-0.05, 0) is 22.6 Å². The van der Waals surface area contributed by atoms with Crippen LogP contribution in [0.2, 0.25) is 0 Å². The maximum Gasteiger partial charge on any atom is 0.181 e. The van der Waals surface area contributed by atoms with Gasteiger partial charge in [-0.25, -0.2) is 0 Å². The van der Waals surface area contributed by atoms with Crippen molar-refractivity contribution < 1.29 is 4.52 Å². The monoisotopic (exact) mass is 310 g/mol. The number of hydrogen-bond donors (Lipinski definition) is 1. The number of anilines is 1. The smallest absolute Gasteiger partial charge is 0.181 e. The molecule has 3 aromatic rings. The number of para-hydroxylation sites is 1. The van der Waals surface area contributed by atoms with Crippen LogP contribution in [-0.4, -0.2) is 25.4 Å². The topological polar surface area (TPSA) is 81.7 Å². The predicted molar refractivity (Wildman–Crippen MR) is 87.0 cm³/mol. The van der Waals surface area contributed by atoms with E-state index in [0.717, 1.165) is 11.4 Å². The third-order valence-corrected chi connectivity index (χ3v) is 3.21. The molecule has 0 fully saturated rings. The van der Waals surface area contributed by atoms with Crippen molar-refractivity contribution in [3.63, 3.8) is 0 Å². The molecule has 0 radical (unpaired) electrons. The van der Waals surface area contributed by atoms with Crippen LogP contribution in [0.3, 0.4) is 0 Å². The van der Waals surface area contributed by atoms with Crippen molar-refractivity contribution in [2.75, 3.05) is 5.32 Å². The van der Waals surface area contributed by atoms with Gasteiger partial charge in [0.2, 0.25) is 0 Å². The highest BCUT2D eigenvalue weighted by atomic mass is 16.5. The molecular weight excluding hydrogens is 292 g/mol. The Labute approximate surface area is 134 Å². The van der Waals surface area contributed by atoms with E-state index in [1.54, 1.807) is 17.0 Å². The molecule has 23 heavy (non-hydrogen) atoms. The Morgan fingerprint density at radius 2 is 1.96 bits per heavy atom. The molecule has 0 saturated carbocycles. The third-order valence-electron chi connectivity index (χ3n) is 3.21. The largest absolute Gasteiger partial charge is 0.359 e. The van der Waals surface area contributed by atoms with Crippen molar-refractivity contribution in [1.82, 2.24) is 25.4 Å². The van der Waals surface area contributed by atoms with Gasteiger partial charge in [-0.15, -0.1) is 5.10 Å². The molecule has 0 aliphatic rings. The maximum absolute atomic E-state index is 5.32. The minimum Gasteiger partial charge on any atom is -0.359 e. The van der Waals surface area contributed by atoms with Crippen molar-refractivity contribution in [1.29, 1.82) is 0 Å². The first kappa shape index (κ1) is 15.0. The lowest BCUT2D eigenvalue weighted by Gasteiger charge is -2.11. The average Bonchev–Trinajstić information content (AvgIpc) is 3.17. The van der Waals surface area contributed by atoms with Crippen LogP contribution in [0.25, 0.3) is 11.8 Å². The van der Waals surface area contributed by atoms with E-state index in [0.29, 0.717) is 11.6 Å². The average molecular weight is 310 g/mol. The number of aromatic nitrogens is 5. The van der Waals surface area contributed by atoms with Crippen LogP contribution in [0.1, 0.15) is 32.4 Å². The Bertz CT molecular complexity index is 797. The normalized spacial score (nSPS) is 12.0. The van der Waals surface area contributed by atoms with Gasteiger partial charge in [-0.1, -0.05) is 44.1 Å². The minimum absolute atomic E-state index is 0.0753. The summed E-state index contributed by atoms with van der Waals surface area (Å²) in [6.07, 6.45) is 3.51. The summed E-state index contributed by atoms with van der Waals surface area (Å²) in [5.74, 6) is 2.08. The fourth-order valence-electron chi connectivity index (χ4n) is 1.95. The number of benzene rings is 1. The molecule has 0 aliphatic carbocycles. The van der Waals surface area contributed by atoms with Gasteiger partial charge in [-0.2, -0.15) is 4.68 Å². The quantitative estimate of drug-likeness (QED) is 0.797. The fourth-order valence-corrected chi connectivity index (χ4v) is 1.95. The van der Waals surface area contributed by atoms with Gasteiger partial charge in [0, 0.05) is 23.8 Å². The van der Waals surface area contributed by atoms with Gasteiger partial charge < -0.3 is 9.84 Å². The number of nitrogens with one attached hydrogen (secondary N) is 1. The second kappa shape index (κ2) is 6.04. The number of rotatable bonds is 4. The molecule has 0 bridgehead atoms. The molecule has 1 aromatic carbocycles. The first-order chi connectivity index (χ1) is 11.0. The summed E-state index contributed by atoms with van der Waals surface area (Å²) in [4.78, 5) is 0. The summed E-state index contributed by atoms with van der Waals surface area (Å²) in [6.45, 7) is 6.21. The lowest BCUT2D eigenvalue weighted by molar-refractivity contribution is 0.331. The zero-order valence-electron chi connectivity index (χ0n) is 13.3. The first-order valence-corrected chi connectivity index (χ1v) is 7.28. The highest BCUT2D eigenvalue weighted by Gasteiger charge is 2.19. The van der Waals surface area contributed by atoms with Gasteiger partial charge in [0.15, 0.2) is 11.6 Å². The van der Waals surface area contributed by atoms with Gasteiger partial charge in [0.1, 0.15) is 5.76 Å². The highest BCUT2D eigenvalue weighted by molar-refractivity contribution is 5.49.